The molecule has 4 amide bonds. The van der Waals surface area contributed by atoms with Gasteiger partial charge in [-0.3, -0.25) is 9.59 Å². The van der Waals surface area contributed by atoms with Gasteiger partial charge >= 0.3 is 6.03 Å². The van der Waals surface area contributed by atoms with Crippen molar-refractivity contribution in [1.29, 1.82) is 0 Å². The first kappa shape index (κ1) is 25.6. The molecular formula is C26H31F2N5O3. The molecule has 2 fully saturated rings. The Morgan fingerprint density at radius 3 is 2.56 bits per heavy atom. The lowest BCUT2D eigenvalue weighted by Gasteiger charge is -2.54. The number of nitrogens with zero attached hydrogens (tertiary/aromatic N) is 4. The van der Waals surface area contributed by atoms with Gasteiger partial charge in [-0.25, -0.2) is 23.6 Å². The van der Waals surface area contributed by atoms with Gasteiger partial charge in [0.1, 0.15) is 23.8 Å². The largest absolute Gasteiger partial charge is 0.334 e. The van der Waals surface area contributed by atoms with E-state index in [0.717, 1.165) is 24.1 Å². The van der Waals surface area contributed by atoms with Crippen molar-refractivity contribution in [1.82, 2.24) is 25.1 Å². The third-order valence-corrected chi connectivity index (χ3v) is 6.64. The number of halogens is 2. The Morgan fingerprint density at radius 1 is 1.11 bits per heavy atom. The Morgan fingerprint density at radius 2 is 1.86 bits per heavy atom. The number of carbonyl (C=O) groups excluding carboxylic acids is 3. The molecule has 0 radical (unpaired) electrons. The number of fused-ring (bicyclic) bond motifs is 1. The number of amides is 4. The lowest BCUT2D eigenvalue weighted by Crippen LogP contribution is -2.75. The van der Waals surface area contributed by atoms with Crippen molar-refractivity contribution in [2.24, 2.45) is 0 Å². The number of hydrazine groups is 1. The summed E-state index contributed by atoms with van der Waals surface area (Å²) in [7, 11) is 1.65. The summed E-state index contributed by atoms with van der Waals surface area (Å²) in [4.78, 5) is 42.9. The van der Waals surface area contributed by atoms with Crippen LogP contribution in [-0.2, 0) is 22.7 Å². The average molecular weight is 500 g/mol. The molecule has 0 aliphatic carbocycles. The molecule has 2 heterocycles. The molecule has 2 aromatic carbocycles. The molecule has 4 rings (SSSR count). The van der Waals surface area contributed by atoms with Gasteiger partial charge in [-0.05, 0) is 18.1 Å². The molecule has 2 aliphatic rings. The van der Waals surface area contributed by atoms with Crippen LogP contribution >= 0.6 is 0 Å². The fourth-order valence-corrected chi connectivity index (χ4v) is 4.83. The molecule has 0 aromatic heterocycles. The van der Waals surface area contributed by atoms with Crippen LogP contribution in [0.5, 0.6) is 0 Å². The summed E-state index contributed by atoms with van der Waals surface area (Å²) in [6.07, 6.45) is 1.21. The van der Waals surface area contributed by atoms with Crippen LogP contribution in [0.3, 0.4) is 0 Å². The van der Waals surface area contributed by atoms with Crippen molar-refractivity contribution in [2.45, 2.75) is 51.5 Å². The normalized spacial score (nSPS) is 20.5. The number of piperazine rings is 1. The van der Waals surface area contributed by atoms with E-state index in [-0.39, 0.29) is 37.0 Å². The maximum absolute atomic E-state index is 14.4. The topological polar surface area (TPSA) is 76.2 Å². The fourth-order valence-electron chi connectivity index (χ4n) is 4.83. The molecule has 2 aromatic rings. The molecule has 0 bridgehead atoms. The lowest BCUT2D eigenvalue weighted by atomic mass is 10.0. The van der Waals surface area contributed by atoms with Gasteiger partial charge in [0.25, 0.3) is 0 Å². The van der Waals surface area contributed by atoms with Crippen molar-refractivity contribution in [3.63, 3.8) is 0 Å². The van der Waals surface area contributed by atoms with Crippen molar-refractivity contribution >= 4 is 17.8 Å². The molecule has 0 spiro atoms. The third kappa shape index (κ3) is 5.33. The number of unbranched alkanes of at least 4 members (excludes halogenated alkanes) is 1. The smallest absolute Gasteiger partial charge is 0.333 e. The van der Waals surface area contributed by atoms with E-state index in [9.17, 15) is 23.2 Å². The zero-order valence-electron chi connectivity index (χ0n) is 20.5. The van der Waals surface area contributed by atoms with Gasteiger partial charge in [-0.2, -0.15) is 0 Å². The van der Waals surface area contributed by atoms with Gasteiger partial charge in [0.15, 0.2) is 0 Å². The SMILES string of the molecule is CCCC[C@H]1C(=O)N(Cc2ccc(F)cc2F)CC2N1C(=O)CN(C)N2C(=O)NCc1ccccc1. The number of nitrogens with one attached hydrogen (secondary N) is 1. The highest BCUT2D eigenvalue weighted by molar-refractivity contribution is 5.91. The highest BCUT2D eigenvalue weighted by Crippen LogP contribution is 2.29. The van der Waals surface area contributed by atoms with Crippen molar-refractivity contribution < 1.29 is 23.2 Å². The number of likely N-dealkylation sites (N-methyl/N-ethyl adjacent to an activating group) is 1. The second kappa shape index (κ2) is 11.0. The molecule has 192 valence electrons. The minimum Gasteiger partial charge on any atom is -0.333 e. The van der Waals surface area contributed by atoms with Crippen LogP contribution in [0.1, 0.15) is 37.3 Å². The number of hydrogen-bond donors (Lipinski definition) is 1. The predicted molar refractivity (Wildman–Crippen MR) is 129 cm³/mol. The zero-order valence-corrected chi connectivity index (χ0v) is 20.5. The van der Waals surface area contributed by atoms with Crippen LogP contribution in [0.25, 0.3) is 0 Å². The maximum atomic E-state index is 14.4. The molecule has 8 nitrogen and oxygen atoms in total. The predicted octanol–water partition coefficient (Wildman–Crippen LogP) is 3.09. The standard InChI is InChI=1S/C26H31F2N5O3/c1-3-4-10-22-25(35)31(15-19-11-12-20(27)13-21(19)28)16-23-32(22)24(34)17-30(2)33(23)26(36)29-14-18-8-6-5-7-9-18/h5-9,11-13,22-23H,3-4,10,14-17H2,1-2H3,(H,29,36)/t22-,23?/m0/s1. The molecule has 36 heavy (non-hydrogen) atoms. The zero-order chi connectivity index (χ0) is 25.8. The van der Waals surface area contributed by atoms with Crippen molar-refractivity contribution in [2.75, 3.05) is 20.1 Å². The van der Waals surface area contributed by atoms with Crippen LogP contribution in [0.4, 0.5) is 13.6 Å². The maximum Gasteiger partial charge on any atom is 0.334 e. The van der Waals surface area contributed by atoms with Crippen molar-refractivity contribution in [3.8, 4) is 0 Å². The van der Waals surface area contributed by atoms with Gasteiger partial charge < -0.3 is 15.1 Å². The highest BCUT2D eigenvalue weighted by Gasteiger charge is 2.50. The number of hydrogen-bond acceptors (Lipinski definition) is 4. The van der Waals surface area contributed by atoms with Crippen LogP contribution in [0.2, 0.25) is 0 Å². The third-order valence-electron chi connectivity index (χ3n) is 6.64. The number of carbonyl (C=O) groups is 3. The first-order valence-corrected chi connectivity index (χ1v) is 12.2. The van der Waals surface area contributed by atoms with E-state index in [1.54, 1.807) is 12.1 Å². The average Bonchev–Trinajstić information content (AvgIpc) is 2.85. The monoisotopic (exact) mass is 499 g/mol. The van der Waals surface area contributed by atoms with Gasteiger partial charge in [0, 0.05) is 31.8 Å². The lowest BCUT2D eigenvalue weighted by molar-refractivity contribution is -0.188. The second-order valence-corrected chi connectivity index (χ2v) is 9.20. The quantitative estimate of drug-likeness (QED) is 0.635. The molecule has 10 heteroatoms. The van der Waals surface area contributed by atoms with Gasteiger partial charge in [-0.1, -0.05) is 56.2 Å². The van der Waals surface area contributed by atoms with Gasteiger partial charge in [0.2, 0.25) is 11.8 Å². The second-order valence-electron chi connectivity index (χ2n) is 9.20. The summed E-state index contributed by atoms with van der Waals surface area (Å²) in [5, 5.41) is 5.91. The summed E-state index contributed by atoms with van der Waals surface area (Å²) in [5.41, 5.74) is 1.09. The first-order valence-electron chi connectivity index (χ1n) is 12.2. The first-order chi connectivity index (χ1) is 17.3. The molecule has 0 saturated carbocycles. The van der Waals surface area contributed by atoms with E-state index in [0.29, 0.717) is 19.4 Å². The summed E-state index contributed by atoms with van der Waals surface area (Å²) in [6.45, 7) is 2.17. The van der Waals surface area contributed by atoms with Gasteiger partial charge in [-0.15, -0.1) is 0 Å². The van der Waals surface area contributed by atoms with Crippen LogP contribution in [0.15, 0.2) is 48.5 Å². The Balaban J connectivity index is 1.61. The minimum atomic E-state index is -0.766. The van der Waals surface area contributed by atoms with Crippen LogP contribution in [-0.4, -0.2) is 70.0 Å². The van der Waals surface area contributed by atoms with E-state index in [1.807, 2.05) is 37.3 Å². The highest BCUT2D eigenvalue weighted by atomic mass is 19.1. The Labute approximate surface area is 209 Å². The summed E-state index contributed by atoms with van der Waals surface area (Å²) < 4.78 is 27.9. The summed E-state index contributed by atoms with van der Waals surface area (Å²) in [6, 6.07) is 11.5. The molecule has 1 unspecified atom stereocenters. The van der Waals surface area contributed by atoms with Crippen molar-refractivity contribution in [3.05, 3.63) is 71.3 Å². The Bertz CT molecular complexity index is 1120. The molecule has 1 N–H and O–H groups in total. The molecule has 2 aliphatic heterocycles. The summed E-state index contributed by atoms with van der Waals surface area (Å²) >= 11 is 0. The minimum absolute atomic E-state index is 0.00706. The number of urea groups is 1. The van der Waals surface area contributed by atoms with Crippen LogP contribution in [0, 0.1) is 11.6 Å². The molecule has 2 atom stereocenters. The number of rotatable bonds is 7. The number of benzene rings is 2. The Kier molecular flexibility index (Phi) is 7.83. The van der Waals surface area contributed by atoms with Crippen LogP contribution < -0.4 is 5.32 Å². The fraction of sp³-hybridized carbons (Fsp3) is 0.423. The molecule has 2 saturated heterocycles. The molecular weight excluding hydrogens is 468 g/mol. The van der Waals surface area contributed by atoms with E-state index >= 15 is 0 Å². The van der Waals surface area contributed by atoms with Gasteiger partial charge in [0.05, 0.1) is 13.1 Å². The Hall–Kier alpha value is -3.53. The van der Waals surface area contributed by atoms with E-state index in [2.05, 4.69) is 5.32 Å². The summed E-state index contributed by atoms with van der Waals surface area (Å²) in [5.74, 6) is -1.98. The van der Waals surface area contributed by atoms with E-state index in [1.165, 1.54) is 20.9 Å². The van der Waals surface area contributed by atoms with E-state index < -0.39 is 29.9 Å². The van der Waals surface area contributed by atoms with E-state index in [4.69, 9.17) is 0 Å².